The van der Waals surface area contributed by atoms with E-state index < -0.39 is 29.6 Å². The van der Waals surface area contributed by atoms with Crippen LogP contribution in [-0.4, -0.2) is 6.69 Å². The summed E-state index contributed by atoms with van der Waals surface area (Å²) in [4.78, 5) is 0. The summed E-state index contributed by atoms with van der Waals surface area (Å²) in [5.74, 6) is 0. The topological polar surface area (TPSA) is 0 Å². The van der Waals surface area contributed by atoms with E-state index in [1.165, 1.54) is 24.0 Å². The van der Waals surface area contributed by atoms with Crippen molar-refractivity contribution < 1.29 is 22.9 Å². The van der Waals surface area contributed by atoms with Gasteiger partial charge in [-0.05, 0) is 13.1 Å². The maximum Gasteiger partial charge on any atom is 0.245 e. The third kappa shape index (κ3) is 7.93. The van der Waals surface area contributed by atoms with Crippen LogP contribution in [0.3, 0.4) is 0 Å². The van der Waals surface area contributed by atoms with Crippen molar-refractivity contribution in [2.45, 2.75) is 39.8 Å². The van der Waals surface area contributed by atoms with Crippen LogP contribution in [0.25, 0.3) is 0 Å². The van der Waals surface area contributed by atoms with Gasteiger partial charge in [0.15, 0.2) is 0 Å². The van der Waals surface area contributed by atoms with Crippen molar-refractivity contribution >= 4 is 28.9 Å². The molecule has 0 aliphatic heterocycles. The summed E-state index contributed by atoms with van der Waals surface area (Å²) in [5, 5.41) is 0. The van der Waals surface area contributed by atoms with Gasteiger partial charge in [-0.1, -0.05) is 0 Å². The van der Waals surface area contributed by atoms with Gasteiger partial charge in [0.1, 0.15) is 0 Å². The first-order valence-electron chi connectivity index (χ1n) is 6.13. The summed E-state index contributed by atoms with van der Waals surface area (Å²) >= 11 is 10.3. The Labute approximate surface area is 133 Å². The van der Waals surface area contributed by atoms with Crippen LogP contribution >= 0.6 is 22.2 Å². The first-order valence-corrected chi connectivity index (χ1v) is 14.8. The molecule has 0 aromatic carbocycles. The van der Waals surface area contributed by atoms with Crippen molar-refractivity contribution in [2.75, 3.05) is 0 Å². The van der Waals surface area contributed by atoms with Crippen LogP contribution < -0.4 is 0 Å². The van der Waals surface area contributed by atoms with Gasteiger partial charge >= 0.3 is 91.7 Å². The minimum atomic E-state index is -1.67. The predicted octanol–water partition coefficient (Wildman–Crippen LogP) is 5.70. The molecule has 0 spiro atoms. The summed E-state index contributed by atoms with van der Waals surface area (Å²) in [7, 11) is 0. The monoisotopic (exact) mass is 466 g/mol. The van der Waals surface area contributed by atoms with Crippen LogP contribution in [0.5, 0.6) is 0 Å². The number of rotatable bonds is 2. The maximum atomic E-state index is 5.43. The molecule has 0 heterocycles. The van der Waals surface area contributed by atoms with Gasteiger partial charge in [0.2, 0.25) is 6.69 Å². The molecule has 0 nitrogen and oxygen atoms in total. The number of hydrogen-bond donors (Lipinski definition) is 0. The van der Waals surface area contributed by atoms with Gasteiger partial charge in [-0.2, -0.15) is 0 Å². The Morgan fingerprint density at radius 3 is 1.50 bits per heavy atom. The van der Waals surface area contributed by atoms with E-state index in [2.05, 4.69) is 38.2 Å². The number of hydrogen-bond acceptors (Lipinski definition) is 0. The van der Waals surface area contributed by atoms with E-state index in [0.29, 0.717) is 0 Å². The van der Waals surface area contributed by atoms with Crippen LogP contribution in [0, 0.1) is 0 Å². The standard InChI is InChI=1S/2C6H7.C2H6Cl2Si.Hf/c2*1-6-4-2-3-5-6;1-5(2,3)4;/h2*4-5H,2H2,1H3;1-2H3;. The number of allylic oxidation sites excluding steroid dienone is 8. The fourth-order valence-electron chi connectivity index (χ4n) is 1.71. The first kappa shape index (κ1) is 16.7. The largest absolute Gasteiger partial charge is 0.245 e. The normalized spacial score (nSPS) is 18.3. The molecule has 0 aromatic rings. The van der Waals surface area contributed by atoms with Gasteiger partial charge < -0.3 is 0 Å². The minimum Gasteiger partial charge on any atom is -0.146 e. The SMILES string of the molecule is CC1=CC[C]([Hf][C]2=CC(C)=CC2)=C1.C[Si](C)(Cl)Cl. The Kier molecular flexibility index (Phi) is 6.88. The van der Waals surface area contributed by atoms with Gasteiger partial charge in [-0.15, -0.1) is 22.2 Å². The second-order valence-corrected chi connectivity index (χ2v) is 19.5. The molecular formula is C14H20Cl2HfSi. The van der Waals surface area contributed by atoms with Gasteiger partial charge in [0.25, 0.3) is 0 Å². The van der Waals surface area contributed by atoms with Crippen molar-refractivity contribution in [1.29, 1.82) is 0 Å². The average molecular weight is 466 g/mol. The second kappa shape index (κ2) is 7.42. The maximum absolute atomic E-state index is 5.43. The van der Waals surface area contributed by atoms with Gasteiger partial charge in [-0.3, -0.25) is 0 Å². The molecule has 2 aliphatic carbocycles. The van der Waals surface area contributed by atoms with E-state index in [1.807, 2.05) is 13.1 Å². The Morgan fingerprint density at radius 1 is 0.944 bits per heavy atom. The smallest absolute Gasteiger partial charge is 0.146 e. The third-order valence-corrected chi connectivity index (χ3v) is 7.22. The average Bonchev–Trinajstić information content (AvgIpc) is 2.74. The molecule has 0 amide bonds. The van der Waals surface area contributed by atoms with E-state index in [0.717, 1.165) is 0 Å². The van der Waals surface area contributed by atoms with E-state index >= 15 is 0 Å². The zero-order chi connectivity index (χ0) is 13.8. The minimum absolute atomic E-state index is 0.587. The molecular weight excluding hydrogens is 446 g/mol. The van der Waals surface area contributed by atoms with E-state index in [-0.39, 0.29) is 0 Å². The summed E-state index contributed by atoms with van der Waals surface area (Å²) in [6.45, 7) is 6.47. The Morgan fingerprint density at radius 2 is 1.28 bits per heavy atom. The molecule has 2 rings (SSSR count). The Bertz CT molecular complexity index is 386. The predicted molar refractivity (Wildman–Crippen MR) is 82.1 cm³/mol. The van der Waals surface area contributed by atoms with Gasteiger partial charge in [0, 0.05) is 0 Å². The Balaban J connectivity index is 0.000000280. The third-order valence-electron chi connectivity index (χ3n) is 2.41. The molecule has 2 aliphatic rings. The molecule has 0 saturated carbocycles. The quantitative estimate of drug-likeness (QED) is 0.362. The van der Waals surface area contributed by atoms with Crippen LogP contribution in [0.2, 0.25) is 13.1 Å². The zero-order valence-corrected chi connectivity index (χ0v) is 17.6. The van der Waals surface area contributed by atoms with Crippen molar-refractivity contribution in [3.8, 4) is 0 Å². The van der Waals surface area contributed by atoms with Crippen molar-refractivity contribution in [1.82, 2.24) is 0 Å². The zero-order valence-electron chi connectivity index (χ0n) is 11.5. The van der Waals surface area contributed by atoms with Crippen LogP contribution in [0.1, 0.15) is 26.7 Å². The van der Waals surface area contributed by atoms with E-state index in [9.17, 15) is 0 Å². The van der Waals surface area contributed by atoms with Crippen molar-refractivity contribution in [3.05, 3.63) is 42.1 Å². The first-order chi connectivity index (χ1) is 8.24. The van der Waals surface area contributed by atoms with Crippen LogP contribution in [-0.2, 0) is 22.9 Å². The summed E-state index contributed by atoms with van der Waals surface area (Å²) < 4.78 is 3.54. The molecule has 0 fully saturated rings. The van der Waals surface area contributed by atoms with Crippen LogP contribution in [0.4, 0.5) is 0 Å². The molecule has 0 N–H and O–H groups in total. The summed E-state index contributed by atoms with van der Waals surface area (Å²) in [6, 6.07) is 0. The molecule has 0 unspecified atom stereocenters. The molecule has 0 saturated heterocycles. The summed E-state index contributed by atoms with van der Waals surface area (Å²) in [5.41, 5.74) is 2.96. The fraction of sp³-hybridized carbons (Fsp3) is 0.429. The van der Waals surface area contributed by atoms with Crippen LogP contribution in [0.15, 0.2) is 42.1 Å². The molecule has 0 bridgehead atoms. The number of halogens is 2. The van der Waals surface area contributed by atoms with E-state index in [4.69, 9.17) is 22.2 Å². The molecule has 98 valence electrons. The molecule has 0 radical (unpaired) electrons. The second-order valence-electron chi connectivity index (χ2n) is 5.10. The molecule has 4 heteroatoms. The molecule has 0 atom stereocenters. The van der Waals surface area contributed by atoms with Gasteiger partial charge in [0.05, 0.1) is 0 Å². The molecule has 18 heavy (non-hydrogen) atoms. The molecule has 0 aromatic heterocycles. The van der Waals surface area contributed by atoms with Gasteiger partial charge in [-0.25, -0.2) is 0 Å². The van der Waals surface area contributed by atoms with Crippen molar-refractivity contribution in [3.63, 3.8) is 0 Å². The Hall–Kier alpha value is 0.627. The van der Waals surface area contributed by atoms with E-state index in [1.54, 1.807) is 6.66 Å². The summed E-state index contributed by atoms with van der Waals surface area (Å²) in [6.07, 6.45) is 12.1. The van der Waals surface area contributed by atoms with Crippen molar-refractivity contribution in [2.24, 2.45) is 0 Å². The fourth-order valence-corrected chi connectivity index (χ4v) is 6.81.